The lowest BCUT2D eigenvalue weighted by Crippen LogP contribution is -2.42. The van der Waals surface area contributed by atoms with Gasteiger partial charge in [-0.05, 0) is 118 Å². The normalized spacial score (nSPS) is 22.7. The van der Waals surface area contributed by atoms with Crippen LogP contribution in [0.5, 0.6) is 5.75 Å². The Balaban J connectivity index is 1.14. The molecule has 10 nitrogen and oxygen atoms in total. The largest absolute Gasteiger partial charge is 0.496 e. The molecule has 0 bridgehead atoms. The Morgan fingerprint density at radius 3 is 2.40 bits per heavy atom. The Labute approximate surface area is 276 Å². The first-order chi connectivity index (χ1) is 22.8. The monoisotopic (exact) mass is 642 g/mol. The predicted molar refractivity (Wildman–Crippen MR) is 179 cm³/mol. The summed E-state index contributed by atoms with van der Waals surface area (Å²) >= 11 is 0. The van der Waals surface area contributed by atoms with Crippen molar-refractivity contribution in [3.63, 3.8) is 0 Å². The number of ether oxygens (including phenoxy) is 2. The molecule has 1 heterocycles. The third kappa shape index (κ3) is 8.15. The van der Waals surface area contributed by atoms with Crippen LogP contribution in [0.2, 0.25) is 0 Å². The molecule has 0 aliphatic heterocycles. The molecule has 2 amide bonds. The molecule has 250 valence electrons. The van der Waals surface area contributed by atoms with Gasteiger partial charge in [-0.2, -0.15) is 5.10 Å². The van der Waals surface area contributed by atoms with E-state index in [1.54, 1.807) is 7.11 Å². The van der Waals surface area contributed by atoms with Crippen LogP contribution >= 0.6 is 0 Å². The lowest BCUT2D eigenvalue weighted by molar-refractivity contribution is -0.136. The third-order valence-corrected chi connectivity index (χ3v) is 10.1. The van der Waals surface area contributed by atoms with E-state index in [1.807, 2.05) is 23.2 Å². The molecule has 0 saturated heterocycles. The molecule has 2 N–H and O–H groups in total. The number of rotatable bonds is 11. The number of aromatic nitrogens is 2. The fourth-order valence-corrected chi connectivity index (χ4v) is 7.28. The van der Waals surface area contributed by atoms with E-state index in [2.05, 4.69) is 58.5 Å². The van der Waals surface area contributed by atoms with Crippen LogP contribution in [0.1, 0.15) is 87.3 Å². The topological polar surface area (TPSA) is 123 Å². The molecule has 1 aromatic heterocycles. The van der Waals surface area contributed by atoms with Gasteiger partial charge in [0.2, 0.25) is 5.91 Å². The molecular formula is C37H46N4O6. The standard InChI is InChI=1S/C37H46N4O6/c1-24-18-29(12-17-34(24)46-2)26-8-6-25(7-9-26)22-40(32-5-3-4-28(19-32)30-20-39-41(23-30)31-13-14-31)36(44)27-10-15-33(16-11-27)47-37(45)38-21-35(42)43/h3-5,12,17-20,23,25-27,31,33H,6-11,13-16,21-22H2,1-2H3,(H,38,45)(H,42,43). The fourth-order valence-electron chi connectivity index (χ4n) is 7.28. The average molecular weight is 643 g/mol. The quantitative estimate of drug-likeness (QED) is 0.234. The molecule has 3 aliphatic rings. The van der Waals surface area contributed by atoms with E-state index in [1.165, 1.54) is 18.4 Å². The Kier molecular flexibility index (Phi) is 10.1. The number of hydrogen-bond acceptors (Lipinski definition) is 6. The summed E-state index contributed by atoms with van der Waals surface area (Å²) in [6, 6.07) is 15.3. The van der Waals surface area contributed by atoms with Crippen molar-refractivity contribution >= 4 is 23.7 Å². The Bertz CT molecular complexity index is 1570. The summed E-state index contributed by atoms with van der Waals surface area (Å²) in [4.78, 5) is 39.1. The van der Waals surface area contributed by atoms with Gasteiger partial charge in [0.05, 0.1) is 19.3 Å². The molecule has 0 spiro atoms. The number of methoxy groups -OCH3 is 1. The average Bonchev–Trinajstić information content (AvgIpc) is 3.82. The molecule has 3 aliphatic carbocycles. The zero-order valence-electron chi connectivity index (χ0n) is 27.4. The second-order valence-electron chi connectivity index (χ2n) is 13.5. The summed E-state index contributed by atoms with van der Waals surface area (Å²) in [5, 5.41) is 15.6. The van der Waals surface area contributed by atoms with E-state index in [0.29, 0.717) is 50.1 Å². The molecule has 47 heavy (non-hydrogen) atoms. The van der Waals surface area contributed by atoms with Crippen LogP contribution in [0.25, 0.3) is 11.1 Å². The van der Waals surface area contributed by atoms with Gasteiger partial charge in [0.25, 0.3) is 0 Å². The van der Waals surface area contributed by atoms with Crippen molar-refractivity contribution in [3.8, 4) is 16.9 Å². The lowest BCUT2D eigenvalue weighted by atomic mass is 9.78. The van der Waals surface area contributed by atoms with Crippen molar-refractivity contribution in [3.05, 3.63) is 66.0 Å². The number of nitrogens with one attached hydrogen (secondary N) is 1. The number of benzene rings is 2. The number of carbonyl (C=O) groups is 3. The van der Waals surface area contributed by atoms with E-state index >= 15 is 0 Å². The smallest absolute Gasteiger partial charge is 0.407 e. The number of hydrogen-bond donors (Lipinski definition) is 2. The van der Waals surface area contributed by atoms with Gasteiger partial charge >= 0.3 is 12.1 Å². The van der Waals surface area contributed by atoms with Gasteiger partial charge in [-0.3, -0.25) is 14.3 Å². The molecule has 2 aromatic carbocycles. The maximum atomic E-state index is 14.3. The minimum atomic E-state index is -1.12. The van der Waals surface area contributed by atoms with Crippen LogP contribution in [0, 0.1) is 18.8 Å². The Morgan fingerprint density at radius 2 is 1.72 bits per heavy atom. The Morgan fingerprint density at radius 1 is 0.957 bits per heavy atom. The number of carboxylic acids is 1. The van der Waals surface area contributed by atoms with Crippen LogP contribution in [-0.2, 0) is 14.3 Å². The zero-order valence-corrected chi connectivity index (χ0v) is 27.4. The molecule has 0 radical (unpaired) electrons. The fraction of sp³-hybridized carbons (Fsp3) is 0.514. The number of nitrogens with zero attached hydrogens (tertiary/aromatic N) is 3. The summed E-state index contributed by atoms with van der Waals surface area (Å²) in [6.07, 6.45) is 12.0. The van der Waals surface area contributed by atoms with Crippen molar-refractivity contribution < 1.29 is 29.0 Å². The lowest BCUT2D eigenvalue weighted by Gasteiger charge is -2.36. The number of carbonyl (C=O) groups excluding carboxylic acids is 2. The third-order valence-electron chi connectivity index (χ3n) is 10.1. The van der Waals surface area contributed by atoms with Crippen LogP contribution in [0.3, 0.4) is 0 Å². The maximum Gasteiger partial charge on any atom is 0.407 e. The highest BCUT2D eigenvalue weighted by atomic mass is 16.6. The van der Waals surface area contributed by atoms with Crippen molar-refractivity contribution in [1.82, 2.24) is 15.1 Å². The van der Waals surface area contributed by atoms with Crippen molar-refractivity contribution in [2.24, 2.45) is 11.8 Å². The molecule has 3 fully saturated rings. The molecule has 0 atom stereocenters. The minimum absolute atomic E-state index is 0.123. The molecule has 10 heteroatoms. The summed E-state index contributed by atoms with van der Waals surface area (Å²) in [6.45, 7) is 2.28. The van der Waals surface area contributed by atoms with Crippen molar-refractivity contribution in [1.29, 1.82) is 0 Å². The summed E-state index contributed by atoms with van der Waals surface area (Å²) in [5.74, 6) is 0.652. The number of amides is 2. The van der Waals surface area contributed by atoms with E-state index in [0.717, 1.165) is 53.8 Å². The second kappa shape index (κ2) is 14.6. The van der Waals surface area contributed by atoms with Crippen LogP contribution in [0.15, 0.2) is 54.9 Å². The van der Waals surface area contributed by atoms with Gasteiger partial charge in [-0.15, -0.1) is 0 Å². The number of aliphatic carboxylic acids is 1. The van der Waals surface area contributed by atoms with Crippen molar-refractivity contribution in [2.75, 3.05) is 25.1 Å². The van der Waals surface area contributed by atoms with Crippen molar-refractivity contribution in [2.45, 2.75) is 89.2 Å². The molecule has 3 aromatic rings. The maximum absolute atomic E-state index is 14.3. The van der Waals surface area contributed by atoms with Crippen LogP contribution < -0.4 is 15.0 Å². The van der Waals surface area contributed by atoms with E-state index < -0.39 is 18.6 Å². The summed E-state index contributed by atoms with van der Waals surface area (Å²) in [7, 11) is 1.71. The van der Waals surface area contributed by atoms with Gasteiger partial charge < -0.3 is 24.8 Å². The zero-order chi connectivity index (χ0) is 32.9. The van der Waals surface area contributed by atoms with Gasteiger partial charge in [0.1, 0.15) is 18.4 Å². The minimum Gasteiger partial charge on any atom is -0.496 e. The number of carboxylic acid groups (broad SMARTS) is 1. The van der Waals surface area contributed by atoms with Crippen LogP contribution in [-0.4, -0.2) is 59.2 Å². The number of anilines is 1. The van der Waals surface area contributed by atoms with E-state index in [-0.39, 0.29) is 17.9 Å². The molecule has 6 rings (SSSR count). The highest BCUT2D eigenvalue weighted by molar-refractivity contribution is 5.95. The molecule has 0 unspecified atom stereocenters. The summed E-state index contributed by atoms with van der Waals surface area (Å²) in [5.41, 5.74) is 5.54. The highest BCUT2D eigenvalue weighted by Crippen LogP contribution is 2.40. The second-order valence-corrected chi connectivity index (χ2v) is 13.5. The Hall–Kier alpha value is -4.34. The van der Waals surface area contributed by atoms with E-state index in [4.69, 9.17) is 14.6 Å². The molecule has 3 saturated carbocycles. The predicted octanol–water partition coefficient (Wildman–Crippen LogP) is 6.88. The van der Waals surface area contributed by atoms with Gasteiger partial charge in [-0.25, -0.2) is 4.79 Å². The van der Waals surface area contributed by atoms with E-state index in [9.17, 15) is 14.4 Å². The number of aryl methyl sites for hydroxylation is 1. The number of alkyl carbamates (subject to hydrolysis) is 1. The first kappa shape index (κ1) is 32.6. The summed E-state index contributed by atoms with van der Waals surface area (Å²) < 4.78 is 13.0. The first-order valence-electron chi connectivity index (χ1n) is 17.0. The van der Waals surface area contributed by atoms with Gasteiger partial charge in [0.15, 0.2) is 0 Å². The SMILES string of the molecule is COc1ccc(C2CCC(CN(C(=O)C3CCC(OC(=O)NCC(=O)O)CC3)c3cccc(-c4cnn(C5CC5)c4)c3)CC2)cc1C. The van der Waals surface area contributed by atoms with Crippen LogP contribution in [0.4, 0.5) is 10.5 Å². The molecular weight excluding hydrogens is 596 g/mol. The highest BCUT2D eigenvalue weighted by Gasteiger charge is 2.34. The van der Waals surface area contributed by atoms with Gasteiger partial charge in [0, 0.05) is 29.9 Å². The van der Waals surface area contributed by atoms with Gasteiger partial charge in [-0.1, -0.05) is 24.3 Å². The first-order valence-corrected chi connectivity index (χ1v) is 17.0.